The van der Waals surface area contributed by atoms with Crippen molar-refractivity contribution in [3.63, 3.8) is 0 Å². The number of carbonyl (C=O) groups excluding carboxylic acids is 1. The molecule has 25 heavy (non-hydrogen) atoms. The van der Waals surface area contributed by atoms with Gasteiger partial charge < -0.3 is 10.1 Å². The molecule has 2 heterocycles. The van der Waals surface area contributed by atoms with Crippen LogP contribution in [0, 0.1) is 18.8 Å². The fourth-order valence-electron chi connectivity index (χ4n) is 3.24. The standard InChI is InChI=1S/C19H33N3O2S/c1-13(2)10-16(22-6-8-24-9-7-22)12-20-19(23)18-15(5)21-17(25-18)11-14(3)4/h13-14,16H,6-12H2,1-5H3,(H,20,23). The number of aryl methyl sites for hydroxylation is 1. The van der Waals surface area contributed by atoms with Gasteiger partial charge in [0.2, 0.25) is 0 Å². The Bertz CT molecular complexity index is 551. The zero-order valence-corrected chi connectivity index (χ0v) is 17.1. The molecular formula is C19H33N3O2S. The first-order valence-corrected chi connectivity index (χ1v) is 10.2. The lowest BCUT2D eigenvalue weighted by Crippen LogP contribution is -2.49. The van der Waals surface area contributed by atoms with E-state index < -0.39 is 0 Å². The highest BCUT2D eigenvalue weighted by Crippen LogP contribution is 2.21. The Morgan fingerprint density at radius 3 is 2.52 bits per heavy atom. The van der Waals surface area contributed by atoms with E-state index in [4.69, 9.17) is 4.74 Å². The van der Waals surface area contributed by atoms with Gasteiger partial charge >= 0.3 is 0 Å². The maximum absolute atomic E-state index is 12.7. The molecule has 1 aromatic heterocycles. The lowest BCUT2D eigenvalue weighted by Gasteiger charge is -2.35. The van der Waals surface area contributed by atoms with E-state index in [-0.39, 0.29) is 5.91 Å². The van der Waals surface area contributed by atoms with E-state index in [9.17, 15) is 4.79 Å². The third kappa shape index (κ3) is 6.35. The summed E-state index contributed by atoms with van der Waals surface area (Å²) in [5.41, 5.74) is 0.852. The van der Waals surface area contributed by atoms with Crippen molar-refractivity contribution in [2.75, 3.05) is 32.8 Å². The average Bonchev–Trinajstić information content (AvgIpc) is 2.91. The molecule has 6 heteroatoms. The monoisotopic (exact) mass is 367 g/mol. The van der Waals surface area contributed by atoms with E-state index in [0.717, 1.165) is 54.7 Å². The Labute approximate surface area is 156 Å². The van der Waals surface area contributed by atoms with Gasteiger partial charge in [-0.2, -0.15) is 0 Å². The summed E-state index contributed by atoms with van der Waals surface area (Å²) >= 11 is 1.54. The van der Waals surface area contributed by atoms with Gasteiger partial charge in [0.05, 0.1) is 23.9 Å². The summed E-state index contributed by atoms with van der Waals surface area (Å²) in [5, 5.41) is 4.22. The number of morpholine rings is 1. The molecule has 0 radical (unpaired) electrons. The molecule has 1 N–H and O–H groups in total. The SMILES string of the molecule is Cc1nc(CC(C)C)sc1C(=O)NCC(CC(C)C)N1CCOCC1. The van der Waals surface area contributed by atoms with Crippen LogP contribution in [-0.4, -0.2) is 54.7 Å². The normalized spacial score (nSPS) is 17.2. The minimum atomic E-state index is 0.0204. The van der Waals surface area contributed by atoms with Gasteiger partial charge in [-0.3, -0.25) is 9.69 Å². The number of nitrogens with zero attached hydrogens (tertiary/aromatic N) is 2. The molecule has 0 aromatic carbocycles. The molecule has 1 aliphatic heterocycles. The first-order chi connectivity index (χ1) is 11.9. The van der Waals surface area contributed by atoms with Crippen LogP contribution >= 0.6 is 11.3 Å². The van der Waals surface area contributed by atoms with Gasteiger partial charge in [0.15, 0.2) is 0 Å². The zero-order chi connectivity index (χ0) is 18.4. The van der Waals surface area contributed by atoms with Crippen molar-refractivity contribution in [3.8, 4) is 0 Å². The minimum absolute atomic E-state index is 0.0204. The van der Waals surface area contributed by atoms with Crippen molar-refractivity contribution in [2.45, 2.75) is 53.5 Å². The summed E-state index contributed by atoms with van der Waals surface area (Å²) in [6.45, 7) is 14.9. The summed E-state index contributed by atoms with van der Waals surface area (Å²) in [6.07, 6.45) is 2.02. The molecule has 1 fully saturated rings. The van der Waals surface area contributed by atoms with Gasteiger partial charge in [-0.05, 0) is 25.2 Å². The smallest absolute Gasteiger partial charge is 0.263 e. The average molecular weight is 368 g/mol. The molecule has 1 amide bonds. The molecule has 1 saturated heterocycles. The second-order valence-electron chi connectivity index (χ2n) is 7.76. The maximum atomic E-state index is 12.7. The number of aromatic nitrogens is 1. The Kier molecular flexibility index (Phi) is 7.84. The first kappa shape index (κ1) is 20.3. The second kappa shape index (κ2) is 9.64. The molecule has 1 unspecified atom stereocenters. The molecule has 5 nitrogen and oxygen atoms in total. The molecule has 1 aromatic rings. The quantitative estimate of drug-likeness (QED) is 0.767. The first-order valence-electron chi connectivity index (χ1n) is 9.43. The van der Waals surface area contributed by atoms with Crippen LogP contribution in [0.5, 0.6) is 0 Å². The van der Waals surface area contributed by atoms with Gasteiger partial charge in [-0.15, -0.1) is 11.3 Å². The van der Waals surface area contributed by atoms with Crippen LogP contribution in [0.4, 0.5) is 0 Å². The summed E-state index contributed by atoms with van der Waals surface area (Å²) in [6, 6.07) is 0.371. The lowest BCUT2D eigenvalue weighted by atomic mass is 10.0. The molecule has 142 valence electrons. The highest BCUT2D eigenvalue weighted by atomic mass is 32.1. The number of nitrogens with one attached hydrogen (secondary N) is 1. The summed E-state index contributed by atoms with van der Waals surface area (Å²) in [7, 11) is 0. The van der Waals surface area contributed by atoms with Crippen LogP contribution < -0.4 is 5.32 Å². The van der Waals surface area contributed by atoms with Gasteiger partial charge in [-0.25, -0.2) is 4.98 Å². The predicted octanol–water partition coefficient (Wildman–Crippen LogP) is 3.13. The van der Waals surface area contributed by atoms with Crippen molar-refractivity contribution < 1.29 is 9.53 Å². The predicted molar refractivity (Wildman–Crippen MR) is 103 cm³/mol. The fraction of sp³-hybridized carbons (Fsp3) is 0.789. The number of hydrogen-bond acceptors (Lipinski definition) is 5. The van der Waals surface area contributed by atoms with E-state index in [2.05, 4.69) is 42.9 Å². The van der Waals surface area contributed by atoms with Crippen molar-refractivity contribution in [1.82, 2.24) is 15.2 Å². The highest BCUT2D eigenvalue weighted by Gasteiger charge is 2.23. The number of amides is 1. The molecule has 2 rings (SSSR count). The Hall–Kier alpha value is -0.980. The number of rotatable bonds is 8. The molecule has 0 aliphatic carbocycles. The van der Waals surface area contributed by atoms with Gasteiger partial charge in [-0.1, -0.05) is 27.7 Å². The number of thiazole rings is 1. The summed E-state index contributed by atoms with van der Waals surface area (Å²) in [4.78, 5) is 20.4. The number of ether oxygens (including phenoxy) is 1. The lowest BCUT2D eigenvalue weighted by molar-refractivity contribution is 0.0125. The number of hydrogen-bond donors (Lipinski definition) is 1. The summed E-state index contributed by atoms with van der Waals surface area (Å²) < 4.78 is 5.46. The Balaban J connectivity index is 1.96. The molecule has 1 atom stereocenters. The van der Waals surface area contributed by atoms with Crippen LogP contribution in [-0.2, 0) is 11.2 Å². The van der Waals surface area contributed by atoms with Crippen molar-refractivity contribution in [1.29, 1.82) is 0 Å². The van der Waals surface area contributed by atoms with Gasteiger partial charge in [0, 0.05) is 32.1 Å². The van der Waals surface area contributed by atoms with E-state index in [1.165, 1.54) is 0 Å². The third-order valence-corrected chi connectivity index (χ3v) is 5.61. The van der Waals surface area contributed by atoms with Gasteiger partial charge in [0.25, 0.3) is 5.91 Å². The molecule has 0 spiro atoms. The van der Waals surface area contributed by atoms with E-state index in [1.54, 1.807) is 11.3 Å². The van der Waals surface area contributed by atoms with Crippen molar-refractivity contribution in [3.05, 3.63) is 15.6 Å². The third-order valence-electron chi connectivity index (χ3n) is 4.43. The molecule has 0 saturated carbocycles. The van der Waals surface area contributed by atoms with E-state index in [1.807, 2.05) is 6.92 Å². The van der Waals surface area contributed by atoms with Crippen LogP contribution in [0.15, 0.2) is 0 Å². The Morgan fingerprint density at radius 2 is 1.92 bits per heavy atom. The highest BCUT2D eigenvalue weighted by molar-refractivity contribution is 7.13. The van der Waals surface area contributed by atoms with Crippen LogP contribution in [0.1, 0.15) is 54.5 Å². The molecule has 1 aliphatic rings. The van der Waals surface area contributed by atoms with E-state index >= 15 is 0 Å². The van der Waals surface area contributed by atoms with Crippen LogP contribution in [0.2, 0.25) is 0 Å². The van der Waals surface area contributed by atoms with Crippen LogP contribution in [0.25, 0.3) is 0 Å². The maximum Gasteiger partial charge on any atom is 0.263 e. The largest absolute Gasteiger partial charge is 0.379 e. The minimum Gasteiger partial charge on any atom is -0.379 e. The zero-order valence-electron chi connectivity index (χ0n) is 16.3. The van der Waals surface area contributed by atoms with Crippen molar-refractivity contribution in [2.24, 2.45) is 11.8 Å². The molecule has 0 bridgehead atoms. The Morgan fingerprint density at radius 1 is 1.24 bits per heavy atom. The topological polar surface area (TPSA) is 54.5 Å². The fourth-order valence-corrected chi connectivity index (χ4v) is 4.43. The van der Waals surface area contributed by atoms with Crippen molar-refractivity contribution >= 4 is 17.2 Å². The molecular weight excluding hydrogens is 334 g/mol. The van der Waals surface area contributed by atoms with Crippen LogP contribution in [0.3, 0.4) is 0 Å². The van der Waals surface area contributed by atoms with Gasteiger partial charge in [0.1, 0.15) is 4.88 Å². The van der Waals surface area contributed by atoms with E-state index in [0.29, 0.717) is 24.4 Å². The second-order valence-corrected chi connectivity index (χ2v) is 8.85. The summed E-state index contributed by atoms with van der Waals surface area (Å²) in [5.74, 6) is 1.18. The number of carbonyl (C=O) groups is 1.